The molecule has 2 atom stereocenters. The first kappa shape index (κ1) is 17.3. The van der Waals surface area contributed by atoms with Gasteiger partial charge in [0, 0.05) is 18.4 Å². The van der Waals surface area contributed by atoms with E-state index < -0.39 is 0 Å². The SMILES string of the molecule is COc1ccc(CCC(=O)OC[C@@H]2CCCN3CCCC[C@H]23)cc1. The number of nitrogens with zero attached hydrogens (tertiary/aromatic N) is 1. The predicted octanol–water partition coefficient (Wildman–Crippen LogP) is 3.44. The van der Waals surface area contributed by atoms with Gasteiger partial charge in [-0.25, -0.2) is 0 Å². The summed E-state index contributed by atoms with van der Waals surface area (Å²) < 4.78 is 10.8. The molecule has 2 aliphatic heterocycles. The molecular weight excluding hydrogens is 302 g/mol. The molecule has 0 saturated carbocycles. The second kappa shape index (κ2) is 8.52. The van der Waals surface area contributed by atoms with Gasteiger partial charge in [0.25, 0.3) is 0 Å². The minimum atomic E-state index is -0.0706. The summed E-state index contributed by atoms with van der Waals surface area (Å²) in [6, 6.07) is 8.52. The number of methoxy groups -OCH3 is 1. The number of hydrogen-bond acceptors (Lipinski definition) is 4. The van der Waals surface area contributed by atoms with Crippen molar-refractivity contribution in [3.63, 3.8) is 0 Å². The lowest BCUT2D eigenvalue weighted by Gasteiger charge is -2.44. The molecule has 3 rings (SSSR count). The van der Waals surface area contributed by atoms with Crippen molar-refractivity contribution in [1.29, 1.82) is 0 Å². The quantitative estimate of drug-likeness (QED) is 0.749. The van der Waals surface area contributed by atoms with Crippen LogP contribution in [0.4, 0.5) is 0 Å². The van der Waals surface area contributed by atoms with Gasteiger partial charge in [-0.2, -0.15) is 0 Å². The van der Waals surface area contributed by atoms with E-state index in [0.717, 1.165) is 17.7 Å². The van der Waals surface area contributed by atoms with E-state index in [1.807, 2.05) is 24.3 Å². The third-order valence-electron chi connectivity index (χ3n) is 5.46. The van der Waals surface area contributed by atoms with Crippen LogP contribution < -0.4 is 4.74 Å². The Labute approximate surface area is 145 Å². The molecule has 0 spiro atoms. The normalized spacial score (nSPS) is 24.2. The lowest BCUT2D eigenvalue weighted by Crippen LogP contribution is -2.49. The Morgan fingerprint density at radius 2 is 1.92 bits per heavy atom. The highest BCUT2D eigenvalue weighted by molar-refractivity contribution is 5.69. The van der Waals surface area contributed by atoms with Gasteiger partial charge in [0.05, 0.1) is 13.7 Å². The van der Waals surface area contributed by atoms with Gasteiger partial charge in [-0.05, 0) is 62.9 Å². The van der Waals surface area contributed by atoms with Crippen molar-refractivity contribution in [3.05, 3.63) is 29.8 Å². The van der Waals surface area contributed by atoms with E-state index in [9.17, 15) is 4.79 Å². The summed E-state index contributed by atoms with van der Waals surface area (Å²) in [4.78, 5) is 14.7. The summed E-state index contributed by atoms with van der Waals surface area (Å²) in [6.07, 6.45) is 7.54. The zero-order valence-corrected chi connectivity index (χ0v) is 14.7. The van der Waals surface area contributed by atoms with E-state index in [1.54, 1.807) is 7.11 Å². The maximum Gasteiger partial charge on any atom is 0.306 e. The van der Waals surface area contributed by atoms with Crippen LogP contribution in [-0.2, 0) is 16.0 Å². The number of fused-ring (bicyclic) bond motifs is 1. The van der Waals surface area contributed by atoms with Crippen molar-refractivity contribution < 1.29 is 14.3 Å². The molecule has 2 heterocycles. The highest BCUT2D eigenvalue weighted by Gasteiger charge is 2.33. The van der Waals surface area contributed by atoms with Crippen LogP contribution in [0.3, 0.4) is 0 Å². The molecule has 0 N–H and O–H groups in total. The highest BCUT2D eigenvalue weighted by atomic mass is 16.5. The van der Waals surface area contributed by atoms with Crippen LogP contribution in [0.15, 0.2) is 24.3 Å². The molecule has 4 nitrogen and oxygen atoms in total. The fourth-order valence-electron chi connectivity index (χ4n) is 4.08. The van der Waals surface area contributed by atoms with Crippen molar-refractivity contribution in [2.45, 2.75) is 51.0 Å². The van der Waals surface area contributed by atoms with Crippen LogP contribution in [0.5, 0.6) is 5.75 Å². The summed E-state index contributed by atoms with van der Waals surface area (Å²) in [7, 11) is 1.66. The average molecular weight is 331 g/mol. The topological polar surface area (TPSA) is 38.8 Å². The molecule has 0 amide bonds. The van der Waals surface area contributed by atoms with Crippen LogP contribution >= 0.6 is 0 Å². The molecule has 0 radical (unpaired) electrons. The number of ether oxygens (including phenoxy) is 2. The summed E-state index contributed by atoms with van der Waals surface area (Å²) >= 11 is 0. The molecule has 2 fully saturated rings. The van der Waals surface area contributed by atoms with Crippen molar-refractivity contribution in [2.75, 3.05) is 26.8 Å². The number of carbonyl (C=O) groups is 1. The van der Waals surface area contributed by atoms with E-state index >= 15 is 0 Å². The molecule has 4 heteroatoms. The van der Waals surface area contributed by atoms with E-state index in [1.165, 1.54) is 45.2 Å². The predicted molar refractivity (Wildman–Crippen MR) is 94.2 cm³/mol. The largest absolute Gasteiger partial charge is 0.497 e. The maximum absolute atomic E-state index is 12.1. The van der Waals surface area contributed by atoms with Crippen LogP contribution in [0.25, 0.3) is 0 Å². The van der Waals surface area contributed by atoms with Crippen molar-refractivity contribution in [2.24, 2.45) is 5.92 Å². The van der Waals surface area contributed by atoms with E-state index in [4.69, 9.17) is 9.47 Å². The molecule has 0 aromatic heterocycles. The minimum absolute atomic E-state index is 0.0706. The highest BCUT2D eigenvalue weighted by Crippen LogP contribution is 2.31. The summed E-state index contributed by atoms with van der Waals surface area (Å²) in [5, 5.41) is 0. The average Bonchev–Trinajstić information content (AvgIpc) is 2.65. The zero-order chi connectivity index (χ0) is 16.8. The zero-order valence-electron chi connectivity index (χ0n) is 14.7. The Hall–Kier alpha value is -1.55. The van der Waals surface area contributed by atoms with E-state index in [0.29, 0.717) is 25.0 Å². The molecular formula is C20H29NO3. The molecule has 2 aliphatic rings. The number of hydrogen-bond donors (Lipinski definition) is 0. The molecule has 2 saturated heterocycles. The smallest absolute Gasteiger partial charge is 0.306 e. The maximum atomic E-state index is 12.1. The first-order valence-electron chi connectivity index (χ1n) is 9.29. The number of benzene rings is 1. The lowest BCUT2D eigenvalue weighted by molar-refractivity contribution is -0.146. The van der Waals surface area contributed by atoms with Crippen LogP contribution in [-0.4, -0.2) is 43.7 Å². The summed E-state index contributed by atoms with van der Waals surface area (Å²) in [6.45, 7) is 3.06. The number of esters is 1. The fraction of sp³-hybridized carbons (Fsp3) is 0.650. The molecule has 0 unspecified atom stereocenters. The molecule has 132 valence electrons. The first-order valence-corrected chi connectivity index (χ1v) is 9.29. The lowest BCUT2D eigenvalue weighted by atomic mass is 9.84. The van der Waals surface area contributed by atoms with Crippen LogP contribution in [0.1, 0.15) is 44.1 Å². The second-order valence-electron chi connectivity index (χ2n) is 7.03. The van der Waals surface area contributed by atoms with Crippen molar-refractivity contribution in [1.82, 2.24) is 4.90 Å². The molecule has 1 aromatic rings. The monoisotopic (exact) mass is 331 g/mol. The molecule has 0 bridgehead atoms. The molecule has 0 aliphatic carbocycles. The first-order chi connectivity index (χ1) is 11.8. The van der Waals surface area contributed by atoms with Gasteiger partial charge in [0.2, 0.25) is 0 Å². The van der Waals surface area contributed by atoms with Crippen molar-refractivity contribution in [3.8, 4) is 5.75 Å². The second-order valence-corrected chi connectivity index (χ2v) is 7.03. The van der Waals surface area contributed by atoms with Gasteiger partial charge < -0.3 is 9.47 Å². The van der Waals surface area contributed by atoms with Gasteiger partial charge >= 0.3 is 5.97 Å². The van der Waals surface area contributed by atoms with Gasteiger partial charge in [-0.1, -0.05) is 18.6 Å². The number of rotatable bonds is 6. The third kappa shape index (κ3) is 4.50. The van der Waals surface area contributed by atoms with Gasteiger partial charge in [0.15, 0.2) is 0 Å². The summed E-state index contributed by atoms with van der Waals surface area (Å²) in [5.74, 6) is 1.30. The molecule has 24 heavy (non-hydrogen) atoms. The minimum Gasteiger partial charge on any atom is -0.497 e. The summed E-state index contributed by atoms with van der Waals surface area (Å²) in [5.41, 5.74) is 1.14. The number of carbonyl (C=O) groups excluding carboxylic acids is 1. The van der Waals surface area contributed by atoms with Crippen LogP contribution in [0.2, 0.25) is 0 Å². The Morgan fingerprint density at radius 3 is 2.71 bits per heavy atom. The standard InChI is InChI=1S/C20H29NO3/c1-23-18-10-7-16(8-11-18)9-12-20(22)24-15-17-5-4-14-21-13-3-2-6-19(17)21/h7-8,10-11,17,19H,2-6,9,12-15H2,1H3/t17-,19+/m0/s1. The number of aryl methyl sites for hydroxylation is 1. The Balaban J connectivity index is 1.41. The van der Waals surface area contributed by atoms with Crippen LogP contribution in [0, 0.1) is 5.92 Å². The van der Waals surface area contributed by atoms with E-state index in [2.05, 4.69) is 4.90 Å². The third-order valence-corrected chi connectivity index (χ3v) is 5.46. The Bertz CT molecular complexity index is 526. The fourth-order valence-corrected chi connectivity index (χ4v) is 4.08. The van der Waals surface area contributed by atoms with Crippen molar-refractivity contribution >= 4 is 5.97 Å². The molecule has 1 aromatic carbocycles. The van der Waals surface area contributed by atoms with Gasteiger partial charge in [-0.3, -0.25) is 9.69 Å². The Kier molecular flexibility index (Phi) is 6.13. The van der Waals surface area contributed by atoms with E-state index in [-0.39, 0.29) is 5.97 Å². The number of piperidine rings is 2. The van der Waals surface area contributed by atoms with Gasteiger partial charge in [0.1, 0.15) is 5.75 Å². The van der Waals surface area contributed by atoms with Gasteiger partial charge in [-0.15, -0.1) is 0 Å². The Morgan fingerprint density at radius 1 is 1.12 bits per heavy atom.